The van der Waals surface area contributed by atoms with E-state index in [4.69, 9.17) is 9.47 Å². The molecule has 0 bridgehead atoms. The van der Waals surface area contributed by atoms with Crippen LogP contribution in [0.5, 0.6) is 11.5 Å². The minimum Gasteiger partial charge on any atom is -0.493 e. The summed E-state index contributed by atoms with van der Waals surface area (Å²) in [4.78, 5) is 30.8. The number of aromatic nitrogens is 3. The van der Waals surface area contributed by atoms with Gasteiger partial charge in [0.1, 0.15) is 6.33 Å². The summed E-state index contributed by atoms with van der Waals surface area (Å²) in [6, 6.07) is 5.12. The molecule has 0 radical (unpaired) electrons. The quantitative estimate of drug-likeness (QED) is 0.827. The van der Waals surface area contributed by atoms with E-state index in [2.05, 4.69) is 15.2 Å². The van der Waals surface area contributed by atoms with Crippen molar-refractivity contribution < 1.29 is 19.1 Å². The molecule has 1 aromatic heterocycles. The summed E-state index contributed by atoms with van der Waals surface area (Å²) in [6.45, 7) is 0.974. The molecular weight excluding hydrogens is 324 g/mol. The SMILES string of the molecule is COc1ccc(C(=O)[C@H]2CCCN(C(=O)c3ncn[nH]3)C2)cc1OC. The van der Waals surface area contributed by atoms with Crippen LogP contribution in [-0.4, -0.2) is 59.1 Å². The second-order valence-corrected chi connectivity index (χ2v) is 5.86. The van der Waals surface area contributed by atoms with Crippen LogP contribution in [-0.2, 0) is 0 Å². The Hall–Kier alpha value is -2.90. The average Bonchev–Trinajstić information content (AvgIpc) is 3.21. The summed E-state index contributed by atoms with van der Waals surface area (Å²) >= 11 is 0. The number of carbonyl (C=O) groups excluding carboxylic acids is 2. The van der Waals surface area contributed by atoms with Crippen LogP contribution in [0.3, 0.4) is 0 Å². The number of ketones is 1. The van der Waals surface area contributed by atoms with Gasteiger partial charge in [-0.1, -0.05) is 0 Å². The van der Waals surface area contributed by atoms with Gasteiger partial charge >= 0.3 is 0 Å². The van der Waals surface area contributed by atoms with Gasteiger partial charge < -0.3 is 14.4 Å². The summed E-state index contributed by atoms with van der Waals surface area (Å²) in [5, 5.41) is 6.27. The molecule has 1 amide bonds. The number of Topliss-reactive ketones (excluding diaryl/α,β-unsaturated/α-hetero) is 1. The molecule has 1 aromatic carbocycles. The number of ether oxygens (including phenoxy) is 2. The summed E-state index contributed by atoms with van der Waals surface area (Å²) in [6.07, 6.45) is 2.81. The number of carbonyl (C=O) groups is 2. The lowest BCUT2D eigenvalue weighted by Crippen LogP contribution is -2.42. The molecule has 0 saturated carbocycles. The molecule has 0 unspecified atom stereocenters. The number of H-pyrrole nitrogens is 1. The molecule has 1 aliphatic rings. The first-order valence-corrected chi connectivity index (χ1v) is 8.05. The van der Waals surface area contributed by atoms with Gasteiger partial charge in [0.2, 0.25) is 5.82 Å². The van der Waals surface area contributed by atoms with Gasteiger partial charge in [0.25, 0.3) is 5.91 Å². The Morgan fingerprint density at radius 2 is 2.04 bits per heavy atom. The van der Waals surface area contributed by atoms with E-state index in [0.717, 1.165) is 12.8 Å². The lowest BCUT2D eigenvalue weighted by Gasteiger charge is -2.31. The van der Waals surface area contributed by atoms with Gasteiger partial charge in [-0.25, -0.2) is 4.98 Å². The second kappa shape index (κ2) is 7.33. The third-order valence-electron chi connectivity index (χ3n) is 4.37. The summed E-state index contributed by atoms with van der Waals surface area (Å²) in [7, 11) is 3.08. The molecule has 1 N–H and O–H groups in total. The number of nitrogens with zero attached hydrogens (tertiary/aromatic N) is 3. The smallest absolute Gasteiger partial charge is 0.291 e. The van der Waals surface area contributed by atoms with E-state index < -0.39 is 0 Å². The minimum absolute atomic E-state index is 0.00368. The zero-order chi connectivity index (χ0) is 17.8. The fourth-order valence-electron chi connectivity index (χ4n) is 3.06. The van der Waals surface area contributed by atoms with Crippen molar-refractivity contribution in [3.63, 3.8) is 0 Å². The maximum Gasteiger partial charge on any atom is 0.291 e. The van der Waals surface area contributed by atoms with Crippen LogP contribution in [0.4, 0.5) is 0 Å². The topological polar surface area (TPSA) is 97.4 Å². The monoisotopic (exact) mass is 344 g/mol. The predicted octanol–water partition coefficient (Wildman–Crippen LogP) is 1.56. The van der Waals surface area contributed by atoms with Gasteiger partial charge in [0.05, 0.1) is 14.2 Å². The zero-order valence-electron chi connectivity index (χ0n) is 14.2. The molecule has 0 spiro atoms. The number of piperidine rings is 1. The fraction of sp³-hybridized carbons (Fsp3) is 0.412. The maximum atomic E-state index is 12.9. The van der Waals surface area contributed by atoms with Crippen LogP contribution in [0.15, 0.2) is 24.5 Å². The number of aromatic amines is 1. The largest absolute Gasteiger partial charge is 0.493 e. The molecular formula is C17H20N4O4. The van der Waals surface area contributed by atoms with Gasteiger partial charge in [-0.3, -0.25) is 14.7 Å². The van der Waals surface area contributed by atoms with Crippen molar-refractivity contribution in [2.45, 2.75) is 12.8 Å². The third kappa shape index (κ3) is 3.47. The Morgan fingerprint density at radius 3 is 2.72 bits per heavy atom. The number of benzene rings is 1. The lowest BCUT2D eigenvalue weighted by molar-refractivity contribution is 0.0627. The van der Waals surface area contributed by atoms with E-state index in [1.165, 1.54) is 13.4 Å². The molecule has 1 fully saturated rings. The van der Waals surface area contributed by atoms with E-state index in [1.807, 2.05) is 0 Å². The van der Waals surface area contributed by atoms with E-state index >= 15 is 0 Å². The molecule has 1 saturated heterocycles. The number of likely N-dealkylation sites (tertiary alicyclic amines) is 1. The average molecular weight is 344 g/mol. The Morgan fingerprint density at radius 1 is 1.24 bits per heavy atom. The Kier molecular flexibility index (Phi) is 4.97. The van der Waals surface area contributed by atoms with Crippen LogP contribution < -0.4 is 9.47 Å². The van der Waals surface area contributed by atoms with Gasteiger partial charge in [-0.2, -0.15) is 5.10 Å². The second-order valence-electron chi connectivity index (χ2n) is 5.86. The van der Waals surface area contributed by atoms with Gasteiger partial charge in [0.15, 0.2) is 17.3 Å². The molecule has 132 valence electrons. The van der Waals surface area contributed by atoms with Crippen LogP contribution in [0, 0.1) is 5.92 Å². The number of nitrogens with one attached hydrogen (secondary N) is 1. The Labute approximate surface area is 145 Å². The van der Waals surface area contributed by atoms with Gasteiger partial charge in [0, 0.05) is 24.6 Å². The third-order valence-corrected chi connectivity index (χ3v) is 4.37. The van der Waals surface area contributed by atoms with Crippen molar-refractivity contribution in [2.75, 3.05) is 27.3 Å². The maximum absolute atomic E-state index is 12.9. The number of rotatable bonds is 5. The minimum atomic E-state index is -0.251. The highest BCUT2D eigenvalue weighted by Crippen LogP contribution is 2.30. The number of hydrogen-bond donors (Lipinski definition) is 1. The van der Waals surface area contributed by atoms with Crippen LogP contribution in [0.1, 0.15) is 33.8 Å². The normalized spacial score (nSPS) is 17.2. The molecule has 1 atom stereocenters. The predicted molar refractivity (Wildman–Crippen MR) is 88.9 cm³/mol. The Bertz CT molecular complexity index is 760. The summed E-state index contributed by atoms with van der Waals surface area (Å²) in [5.74, 6) is 0.792. The van der Waals surface area contributed by atoms with Crippen LogP contribution >= 0.6 is 0 Å². The first kappa shape index (κ1) is 16.9. The van der Waals surface area contributed by atoms with E-state index in [9.17, 15) is 9.59 Å². The zero-order valence-corrected chi connectivity index (χ0v) is 14.2. The fourth-order valence-corrected chi connectivity index (χ4v) is 3.06. The van der Waals surface area contributed by atoms with Crippen LogP contribution in [0.2, 0.25) is 0 Å². The molecule has 0 aliphatic carbocycles. The highest BCUT2D eigenvalue weighted by atomic mass is 16.5. The molecule has 3 rings (SSSR count). The van der Waals surface area contributed by atoms with Crippen molar-refractivity contribution in [3.05, 3.63) is 35.9 Å². The highest BCUT2D eigenvalue weighted by Gasteiger charge is 2.30. The van der Waals surface area contributed by atoms with Gasteiger partial charge in [-0.05, 0) is 31.0 Å². The number of hydrogen-bond acceptors (Lipinski definition) is 6. The molecule has 25 heavy (non-hydrogen) atoms. The summed E-state index contributed by atoms with van der Waals surface area (Å²) < 4.78 is 10.5. The molecule has 8 nitrogen and oxygen atoms in total. The summed E-state index contributed by atoms with van der Waals surface area (Å²) in [5.41, 5.74) is 0.552. The van der Waals surface area contributed by atoms with Gasteiger partial charge in [-0.15, -0.1) is 0 Å². The van der Waals surface area contributed by atoms with Crippen molar-refractivity contribution in [1.82, 2.24) is 20.1 Å². The molecule has 2 heterocycles. The highest BCUT2D eigenvalue weighted by molar-refractivity contribution is 5.99. The number of methoxy groups -OCH3 is 2. The molecule has 2 aromatic rings. The van der Waals surface area contributed by atoms with Crippen molar-refractivity contribution in [3.8, 4) is 11.5 Å². The van der Waals surface area contributed by atoms with Crippen molar-refractivity contribution in [1.29, 1.82) is 0 Å². The first-order chi connectivity index (χ1) is 12.1. The van der Waals surface area contributed by atoms with E-state index in [0.29, 0.717) is 30.2 Å². The number of amides is 1. The lowest BCUT2D eigenvalue weighted by atomic mass is 9.89. The van der Waals surface area contributed by atoms with E-state index in [-0.39, 0.29) is 23.4 Å². The van der Waals surface area contributed by atoms with Crippen molar-refractivity contribution >= 4 is 11.7 Å². The Balaban J connectivity index is 1.75. The molecule has 1 aliphatic heterocycles. The van der Waals surface area contributed by atoms with Crippen LogP contribution in [0.25, 0.3) is 0 Å². The molecule has 8 heteroatoms. The first-order valence-electron chi connectivity index (χ1n) is 8.05. The standard InChI is InChI=1S/C17H20N4O4/c1-24-13-6-5-11(8-14(13)25-2)15(22)12-4-3-7-21(9-12)17(23)16-18-10-19-20-16/h5-6,8,10,12H,3-4,7,9H2,1-2H3,(H,18,19,20)/t12-/m0/s1. The van der Waals surface area contributed by atoms with Crippen molar-refractivity contribution in [2.24, 2.45) is 5.92 Å². The van der Waals surface area contributed by atoms with E-state index in [1.54, 1.807) is 30.2 Å².